The highest BCUT2D eigenvalue weighted by atomic mass is 16.6. The lowest BCUT2D eigenvalue weighted by Crippen LogP contribution is -2.12. The molecule has 0 aliphatic rings. The van der Waals surface area contributed by atoms with Crippen molar-refractivity contribution in [1.29, 1.82) is 0 Å². The third-order valence-electron chi connectivity index (χ3n) is 1.45. The van der Waals surface area contributed by atoms with Crippen LogP contribution in [0.1, 0.15) is 0 Å². The number of ether oxygens (including phenoxy) is 2. The summed E-state index contributed by atoms with van der Waals surface area (Å²) in [4.78, 5) is 17.1. The van der Waals surface area contributed by atoms with Crippen LogP contribution in [0, 0.1) is 0 Å². The summed E-state index contributed by atoms with van der Waals surface area (Å²) in [5, 5.41) is 3.33. The lowest BCUT2D eigenvalue weighted by molar-refractivity contribution is -0.143. The van der Waals surface area contributed by atoms with Crippen molar-refractivity contribution in [3.05, 3.63) is 28.8 Å². The molecule has 0 aromatic carbocycles. The number of carbonyl (C=O) groups excluding carboxylic acids is 1. The van der Waals surface area contributed by atoms with E-state index in [0.29, 0.717) is 5.69 Å². The Morgan fingerprint density at radius 1 is 1.67 bits per heavy atom. The van der Waals surface area contributed by atoms with Crippen LogP contribution in [0.4, 0.5) is 5.69 Å². The maximum atomic E-state index is 10.7. The van der Waals surface area contributed by atoms with Crippen LogP contribution < -0.4 is 4.74 Å². The first kappa shape index (κ1) is 10.8. The number of carbonyl (C=O) groups is 1. The molecule has 1 rings (SSSR count). The molecule has 0 aliphatic heterocycles. The van der Waals surface area contributed by atoms with E-state index in [2.05, 4.69) is 19.7 Å². The fourth-order valence-electron chi connectivity index (χ4n) is 0.760. The fourth-order valence-corrected chi connectivity index (χ4v) is 0.760. The Balaban J connectivity index is 2.56. The molecule has 78 valence electrons. The second-order valence-corrected chi connectivity index (χ2v) is 2.41. The zero-order chi connectivity index (χ0) is 11.1. The van der Waals surface area contributed by atoms with Crippen molar-refractivity contribution in [2.24, 2.45) is 5.11 Å². The van der Waals surface area contributed by atoms with E-state index < -0.39 is 5.97 Å². The first-order chi connectivity index (χ1) is 7.26. The Morgan fingerprint density at radius 2 is 2.47 bits per heavy atom. The number of rotatable bonds is 4. The van der Waals surface area contributed by atoms with Crippen molar-refractivity contribution in [2.45, 2.75) is 0 Å². The Labute approximate surface area is 85.3 Å². The number of methoxy groups -OCH3 is 1. The summed E-state index contributed by atoms with van der Waals surface area (Å²) in [5.41, 5.74) is 8.51. The first-order valence-corrected chi connectivity index (χ1v) is 3.97. The summed E-state index contributed by atoms with van der Waals surface area (Å²) in [6, 6.07) is 3.02. The van der Waals surface area contributed by atoms with Crippen LogP contribution in [0.2, 0.25) is 0 Å². The quantitative estimate of drug-likeness (QED) is 0.324. The molecule has 0 amide bonds. The van der Waals surface area contributed by atoms with Gasteiger partial charge in [0.15, 0.2) is 6.61 Å². The van der Waals surface area contributed by atoms with Crippen molar-refractivity contribution >= 4 is 11.7 Å². The molecule has 15 heavy (non-hydrogen) atoms. The lowest BCUT2D eigenvalue weighted by Gasteiger charge is -2.02. The number of hydrogen-bond acceptors (Lipinski definition) is 5. The van der Waals surface area contributed by atoms with E-state index in [-0.39, 0.29) is 12.5 Å². The molecule has 0 saturated heterocycles. The molecule has 0 radical (unpaired) electrons. The maximum absolute atomic E-state index is 10.7. The molecule has 0 spiro atoms. The highest BCUT2D eigenvalue weighted by Crippen LogP contribution is 2.14. The third kappa shape index (κ3) is 3.53. The average molecular weight is 208 g/mol. The minimum atomic E-state index is -0.490. The largest absolute Gasteiger partial charge is 0.466 e. The van der Waals surface area contributed by atoms with E-state index in [1.807, 2.05) is 0 Å². The van der Waals surface area contributed by atoms with Crippen LogP contribution in [0.25, 0.3) is 10.4 Å². The van der Waals surface area contributed by atoms with Gasteiger partial charge in [0, 0.05) is 17.2 Å². The van der Waals surface area contributed by atoms with E-state index in [0.717, 1.165) is 0 Å². The molecule has 0 aliphatic carbocycles. The van der Waals surface area contributed by atoms with E-state index in [9.17, 15) is 4.79 Å². The smallest absolute Gasteiger partial charge is 0.343 e. The molecule has 0 bridgehead atoms. The van der Waals surface area contributed by atoms with E-state index in [4.69, 9.17) is 10.3 Å². The molecule has 1 heterocycles. The molecule has 0 atom stereocenters. The second kappa shape index (κ2) is 5.46. The van der Waals surface area contributed by atoms with Gasteiger partial charge in [-0.05, 0) is 11.6 Å². The minimum absolute atomic E-state index is 0.204. The highest BCUT2D eigenvalue weighted by Gasteiger charge is 2.01. The number of pyridine rings is 1. The van der Waals surface area contributed by atoms with Crippen molar-refractivity contribution in [3.63, 3.8) is 0 Å². The molecule has 7 nitrogen and oxygen atoms in total. The molecule has 0 unspecified atom stereocenters. The molecular formula is C8H8N4O3. The molecule has 1 aromatic rings. The van der Waals surface area contributed by atoms with Crippen molar-refractivity contribution in [3.8, 4) is 5.88 Å². The normalized spacial score (nSPS) is 8.87. The van der Waals surface area contributed by atoms with Crippen LogP contribution in [-0.2, 0) is 9.53 Å². The van der Waals surface area contributed by atoms with Crippen LogP contribution in [-0.4, -0.2) is 24.7 Å². The third-order valence-corrected chi connectivity index (χ3v) is 1.45. The molecule has 0 fully saturated rings. The van der Waals surface area contributed by atoms with Gasteiger partial charge in [0.2, 0.25) is 5.88 Å². The average Bonchev–Trinajstić information content (AvgIpc) is 2.28. The molecule has 0 saturated carbocycles. The standard InChI is InChI=1S/C8H8N4O3/c1-14-8(13)5-15-7-3-2-6(4-10-7)11-12-9/h2-4H,5H2,1H3. The first-order valence-electron chi connectivity index (χ1n) is 3.97. The van der Waals surface area contributed by atoms with Crippen molar-refractivity contribution in [1.82, 2.24) is 4.98 Å². The van der Waals surface area contributed by atoms with Gasteiger partial charge in [-0.25, -0.2) is 9.78 Å². The number of aromatic nitrogens is 1. The zero-order valence-electron chi connectivity index (χ0n) is 7.95. The molecule has 0 N–H and O–H groups in total. The number of hydrogen-bond donors (Lipinski definition) is 0. The number of esters is 1. The van der Waals surface area contributed by atoms with Gasteiger partial charge in [-0.1, -0.05) is 5.11 Å². The Bertz CT molecular complexity index is 383. The second-order valence-electron chi connectivity index (χ2n) is 2.41. The van der Waals surface area contributed by atoms with Gasteiger partial charge in [-0.3, -0.25) is 0 Å². The summed E-state index contributed by atoms with van der Waals surface area (Å²) < 4.78 is 9.35. The topological polar surface area (TPSA) is 97.2 Å². The maximum Gasteiger partial charge on any atom is 0.343 e. The predicted octanol–water partition coefficient (Wildman–Crippen LogP) is 1.58. The summed E-state index contributed by atoms with van der Waals surface area (Å²) in [6.45, 7) is -0.204. The summed E-state index contributed by atoms with van der Waals surface area (Å²) in [5.74, 6) is -0.229. The van der Waals surface area contributed by atoms with Crippen LogP contribution in [0.3, 0.4) is 0 Å². The predicted molar refractivity (Wildman–Crippen MR) is 50.6 cm³/mol. The van der Waals surface area contributed by atoms with Gasteiger partial charge < -0.3 is 9.47 Å². The fraction of sp³-hybridized carbons (Fsp3) is 0.250. The van der Waals surface area contributed by atoms with Gasteiger partial charge in [-0.2, -0.15) is 0 Å². The summed E-state index contributed by atoms with van der Waals surface area (Å²) in [7, 11) is 1.27. The Morgan fingerprint density at radius 3 is 3.00 bits per heavy atom. The summed E-state index contributed by atoms with van der Waals surface area (Å²) >= 11 is 0. The highest BCUT2D eigenvalue weighted by molar-refractivity contribution is 5.70. The number of azide groups is 1. The minimum Gasteiger partial charge on any atom is -0.466 e. The SMILES string of the molecule is COC(=O)COc1ccc(N=[N+]=[N-])cn1. The van der Waals surface area contributed by atoms with E-state index in [1.54, 1.807) is 0 Å². The van der Waals surface area contributed by atoms with Crippen molar-refractivity contribution < 1.29 is 14.3 Å². The summed E-state index contributed by atoms with van der Waals surface area (Å²) in [6.07, 6.45) is 1.34. The van der Waals surface area contributed by atoms with Crippen LogP contribution in [0.15, 0.2) is 23.4 Å². The van der Waals surface area contributed by atoms with Gasteiger partial charge in [0.25, 0.3) is 0 Å². The lowest BCUT2D eigenvalue weighted by atomic mass is 10.4. The van der Waals surface area contributed by atoms with Crippen molar-refractivity contribution in [2.75, 3.05) is 13.7 Å². The van der Waals surface area contributed by atoms with E-state index >= 15 is 0 Å². The zero-order valence-corrected chi connectivity index (χ0v) is 7.95. The molecule has 1 aromatic heterocycles. The Kier molecular flexibility index (Phi) is 3.93. The van der Waals surface area contributed by atoms with Gasteiger partial charge in [-0.15, -0.1) is 0 Å². The van der Waals surface area contributed by atoms with Gasteiger partial charge in [0.05, 0.1) is 12.8 Å². The Hall–Kier alpha value is -2.27. The van der Waals surface area contributed by atoms with Crippen LogP contribution >= 0.6 is 0 Å². The van der Waals surface area contributed by atoms with E-state index in [1.165, 1.54) is 25.4 Å². The van der Waals surface area contributed by atoms with Gasteiger partial charge >= 0.3 is 5.97 Å². The monoisotopic (exact) mass is 208 g/mol. The van der Waals surface area contributed by atoms with Crippen LogP contribution in [0.5, 0.6) is 5.88 Å². The molecular weight excluding hydrogens is 200 g/mol. The van der Waals surface area contributed by atoms with Gasteiger partial charge in [0.1, 0.15) is 0 Å². The molecule has 7 heteroatoms. The number of nitrogens with zero attached hydrogens (tertiary/aromatic N) is 4.